The highest BCUT2D eigenvalue weighted by Gasteiger charge is 2.30. The van der Waals surface area contributed by atoms with Crippen molar-refractivity contribution in [1.29, 1.82) is 0 Å². The zero-order valence-electron chi connectivity index (χ0n) is 24.4. The Morgan fingerprint density at radius 3 is 2.32 bits per heavy atom. The molecule has 0 heterocycles. The van der Waals surface area contributed by atoms with Gasteiger partial charge in [0.1, 0.15) is 0 Å². The molecule has 0 radical (unpaired) electrons. The Kier molecular flexibility index (Phi) is 11.9. The van der Waals surface area contributed by atoms with E-state index < -0.39 is 0 Å². The van der Waals surface area contributed by atoms with Gasteiger partial charge in [-0.3, -0.25) is 9.98 Å². The van der Waals surface area contributed by atoms with Crippen LogP contribution in [0.15, 0.2) is 147 Å². The second kappa shape index (κ2) is 14.8. The van der Waals surface area contributed by atoms with E-state index in [1.165, 1.54) is 22.3 Å². The lowest BCUT2D eigenvalue weighted by molar-refractivity contribution is 0.715. The van der Waals surface area contributed by atoms with Crippen LogP contribution in [0, 0.1) is 0 Å². The van der Waals surface area contributed by atoms with E-state index in [1.54, 1.807) is 0 Å². The van der Waals surface area contributed by atoms with Crippen molar-refractivity contribution < 1.29 is 0 Å². The number of benzene rings is 1. The summed E-state index contributed by atoms with van der Waals surface area (Å²) in [6.45, 7) is 23.2. The highest BCUT2D eigenvalue weighted by Crippen LogP contribution is 2.39. The summed E-state index contributed by atoms with van der Waals surface area (Å²) in [7, 11) is 0. The summed E-state index contributed by atoms with van der Waals surface area (Å²) < 4.78 is 0. The number of hydrogen-bond acceptors (Lipinski definition) is 2. The van der Waals surface area contributed by atoms with Crippen LogP contribution in [0.2, 0.25) is 0 Å². The van der Waals surface area contributed by atoms with Crippen LogP contribution in [0.4, 0.5) is 0 Å². The Bertz CT molecular complexity index is 1280. The van der Waals surface area contributed by atoms with Crippen LogP contribution in [-0.2, 0) is 5.41 Å². The van der Waals surface area contributed by atoms with Gasteiger partial charge >= 0.3 is 0 Å². The zero-order valence-corrected chi connectivity index (χ0v) is 24.4. The predicted octanol–water partition coefficient (Wildman–Crippen LogP) is 10.1. The van der Waals surface area contributed by atoms with Gasteiger partial charge in [0.25, 0.3) is 0 Å². The first kappa shape index (κ1) is 30.4. The molecule has 2 nitrogen and oxygen atoms in total. The van der Waals surface area contributed by atoms with E-state index in [2.05, 4.69) is 125 Å². The van der Waals surface area contributed by atoms with Gasteiger partial charge in [-0.25, -0.2) is 0 Å². The van der Waals surface area contributed by atoms with Gasteiger partial charge in [-0.15, -0.1) is 0 Å². The smallest absolute Gasteiger partial charge is 0.0588 e. The monoisotopic (exact) mass is 504 g/mol. The third-order valence-electron chi connectivity index (χ3n) is 6.97. The lowest BCUT2D eigenvalue weighted by Gasteiger charge is -2.25. The van der Waals surface area contributed by atoms with Crippen LogP contribution in [-0.4, -0.2) is 12.4 Å². The molecule has 2 rings (SSSR count). The SMILES string of the molecule is C=C(/C=C(/C)C(=C)N=CC1=C(C)[C@@](C)(c2ccccc2)C=C1)N=C/C(C)=C/C=C(CC)/C(C)=C/C=C\CC. The van der Waals surface area contributed by atoms with Crippen molar-refractivity contribution in [2.75, 3.05) is 0 Å². The van der Waals surface area contributed by atoms with E-state index >= 15 is 0 Å². The summed E-state index contributed by atoms with van der Waals surface area (Å²) in [6.07, 6.45) is 22.8. The Balaban J connectivity index is 2.05. The molecule has 0 aromatic heterocycles. The fourth-order valence-electron chi connectivity index (χ4n) is 4.11. The molecule has 1 aliphatic rings. The number of hydrogen-bond donors (Lipinski definition) is 0. The maximum absolute atomic E-state index is 4.65. The molecule has 0 saturated carbocycles. The van der Waals surface area contributed by atoms with Crippen LogP contribution in [0.1, 0.15) is 66.9 Å². The van der Waals surface area contributed by atoms with E-state index in [0.717, 1.165) is 29.6 Å². The first-order valence-electron chi connectivity index (χ1n) is 13.4. The van der Waals surface area contributed by atoms with Gasteiger partial charge < -0.3 is 0 Å². The zero-order chi connectivity index (χ0) is 28.1. The van der Waals surface area contributed by atoms with Gasteiger partial charge in [0.15, 0.2) is 0 Å². The molecular weight excluding hydrogens is 460 g/mol. The molecule has 0 saturated heterocycles. The van der Waals surface area contributed by atoms with Crippen molar-refractivity contribution in [2.45, 2.75) is 66.7 Å². The van der Waals surface area contributed by atoms with Crippen molar-refractivity contribution in [3.05, 3.63) is 142 Å². The molecule has 0 amide bonds. The topological polar surface area (TPSA) is 24.7 Å². The third kappa shape index (κ3) is 8.66. The van der Waals surface area contributed by atoms with Crippen molar-refractivity contribution >= 4 is 12.4 Å². The van der Waals surface area contributed by atoms with Gasteiger partial charge in [-0.1, -0.05) is 105 Å². The van der Waals surface area contributed by atoms with E-state index in [9.17, 15) is 0 Å². The molecule has 1 aromatic carbocycles. The molecule has 0 bridgehead atoms. The number of nitrogens with zero attached hydrogens (tertiary/aromatic N) is 2. The largest absolute Gasteiger partial charge is 0.257 e. The van der Waals surface area contributed by atoms with Crippen molar-refractivity contribution in [3.63, 3.8) is 0 Å². The minimum absolute atomic E-state index is 0.114. The average Bonchev–Trinajstić information content (AvgIpc) is 3.21. The quantitative estimate of drug-likeness (QED) is 0.200. The Morgan fingerprint density at radius 1 is 0.947 bits per heavy atom. The maximum atomic E-state index is 4.65. The first-order chi connectivity index (χ1) is 18.1. The maximum Gasteiger partial charge on any atom is 0.0588 e. The summed E-state index contributed by atoms with van der Waals surface area (Å²) in [5.74, 6) is 0. The fraction of sp³-hybridized carbons (Fsp3) is 0.278. The molecule has 2 heteroatoms. The molecule has 1 aliphatic carbocycles. The molecule has 0 N–H and O–H groups in total. The fourth-order valence-corrected chi connectivity index (χ4v) is 4.11. The molecule has 38 heavy (non-hydrogen) atoms. The highest BCUT2D eigenvalue weighted by molar-refractivity contribution is 5.87. The van der Waals surface area contributed by atoms with Crippen LogP contribution >= 0.6 is 0 Å². The van der Waals surface area contributed by atoms with Crippen LogP contribution in [0.5, 0.6) is 0 Å². The van der Waals surface area contributed by atoms with E-state index in [1.807, 2.05) is 38.4 Å². The van der Waals surface area contributed by atoms with Crippen LogP contribution in [0.25, 0.3) is 0 Å². The molecule has 1 aromatic rings. The third-order valence-corrected chi connectivity index (χ3v) is 6.97. The minimum Gasteiger partial charge on any atom is -0.257 e. The predicted molar refractivity (Wildman–Crippen MR) is 170 cm³/mol. The summed E-state index contributed by atoms with van der Waals surface area (Å²) in [4.78, 5) is 9.17. The first-order valence-corrected chi connectivity index (χ1v) is 13.4. The average molecular weight is 505 g/mol. The van der Waals surface area contributed by atoms with Gasteiger partial charge in [0.2, 0.25) is 0 Å². The summed E-state index contributed by atoms with van der Waals surface area (Å²) in [6, 6.07) is 10.6. The highest BCUT2D eigenvalue weighted by atomic mass is 14.7. The van der Waals surface area contributed by atoms with E-state index in [-0.39, 0.29) is 5.41 Å². The Hall–Kier alpha value is -3.78. The molecule has 198 valence electrons. The lowest BCUT2D eigenvalue weighted by Crippen LogP contribution is -2.18. The standard InChI is InChI=1S/C36H44N2/c1-10-12-14-17-28(4)33(11-2)21-20-27(3)25-37-30(6)24-29(5)32(8)38-26-34-22-23-36(9,31(34)7)35-18-15-13-16-19-35/h12-26H,6,8,10-11H2,1-5,7,9H3/b14-12-,27-20+,28-17+,29-24-,33-21+,37-25?,38-26?/t36-/m0/s1. The number of rotatable bonds is 12. The lowest BCUT2D eigenvalue weighted by atomic mass is 9.78. The second-order valence-electron chi connectivity index (χ2n) is 9.91. The molecule has 0 unspecified atom stereocenters. The van der Waals surface area contributed by atoms with Gasteiger partial charge in [-0.05, 0) is 87.0 Å². The van der Waals surface area contributed by atoms with Gasteiger partial charge in [-0.2, -0.15) is 0 Å². The van der Waals surface area contributed by atoms with Crippen molar-refractivity contribution in [1.82, 2.24) is 0 Å². The van der Waals surface area contributed by atoms with Crippen molar-refractivity contribution in [3.8, 4) is 0 Å². The minimum atomic E-state index is -0.114. The number of allylic oxidation sites excluding steroid dienone is 14. The number of aliphatic imine (C=N–C) groups is 2. The molecule has 0 aliphatic heterocycles. The second-order valence-corrected chi connectivity index (χ2v) is 9.91. The van der Waals surface area contributed by atoms with Crippen LogP contribution < -0.4 is 0 Å². The summed E-state index contributed by atoms with van der Waals surface area (Å²) in [5.41, 5.74) is 9.53. The van der Waals surface area contributed by atoms with Gasteiger partial charge in [0.05, 0.1) is 11.4 Å². The molecule has 0 spiro atoms. The Labute approximate surface area is 231 Å². The summed E-state index contributed by atoms with van der Waals surface area (Å²) >= 11 is 0. The van der Waals surface area contributed by atoms with E-state index in [0.29, 0.717) is 11.4 Å². The Morgan fingerprint density at radius 2 is 1.66 bits per heavy atom. The van der Waals surface area contributed by atoms with Crippen molar-refractivity contribution in [2.24, 2.45) is 9.98 Å². The summed E-state index contributed by atoms with van der Waals surface area (Å²) in [5, 5.41) is 0. The molecular formula is C36H44N2. The van der Waals surface area contributed by atoms with Crippen LogP contribution in [0.3, 0.4) is 0 Å². The normalized spacial score (nSPS) is 19.6. The van der Waals surface area contributed by atoms with E-state index in [4.69, 9.17) is 0 Å². The molecule has 0 fully saturated rings. The van der Waals surface area contributed by atoms with Gasteiger partial charge in [0, 0.05) is 17.8 Å². The molecule has 1 atom stereocenters.